The van der Waals surface area contributed by atoms with E-state index in [0.717, 1.165) is 0 Å². The van der Waals surface area contributed by atoms with E-state index in [2.05, 4.69) is 0 Å². The van der Waals surface area contributed by atoms with Crippen LogP contribution in [-0.4, -0.2) is 32.7 Å². The molecule has 1 aromatic rings. The molecule has 0 saturated carbocycles. The zero-order valence-electron chi connectivity index (χ0n) is 9.64. The van der Waals surface area contributed by atoms with Gasteiger partial charge in [-0.05, 0) is 13.8 Å². The van der Waals surface area contributed by atoms with Gasteiger partial charge in [-0.3, -0.25) is 14.4 Å². The molecule has 1 atom stereocenters. The Bertz CT molecular complexity index is 614. The van der Waals surface area contributed by atoms with Gasteiger partial charge in [0.1, 0.15) is 5.75 Å². The van der Waals surface area contributed by atoms with Crippen LogP contribution in [0.1, 0.15) is 33.2 Å². The van der Waals surface area contributed by atoms with Crippen LogP contribution in [0.5, 0.6) is 17.2 Å². The van der Waals surface area contributed by atoms with Crippen LogP contribution >= 0.6 is 0 Å². The van der Waals surface area contributed by atoms with Gasteiger partial charge in [-0.15, -0.1) is 0 Å². The molecule has 6 nitrogen and oxygen atoms in total. The number of phenolic OH excluding ortho intramolecular Hbond substituents is 3. The van der Waals surface area contributed by atoms with Gasteiger partial charge < -0.3 is 15.3 Å². The predicted octanol–water partition coefficient (Wildman–Crippen LogP) is 0.696. The lowest BCUT2D eigenvalue weighted by Gasteiger charge is -2.21. The molecule has 3 N–H and O–H groups in total. The summed E-state index contributed by atoms with van der Waals surface area (Å²) >= 11 is 0. The summed E-state index contributed by atoms with van der Waals surface area (Å²) in [5.74, 6) is -6.10. The summed E-state index contributed by atoms with van der Waals surface area (Å²) in [7, 11) is 0. The average molecular weight is 250 g/mol. The molecular formula is C12H10O6. The first-order valence-electron chi connectivity index (χ1n) is 5.19. The smallest absolute Gasteiger partial charge is 0.233 e. The molecule has 1 aliphatic rings. The van der Waals surface area contributed by atoms with E-state index in [4.69, 9.17) is 0 Å². The SMILES string of the molecule is Cc1c(O)c(O)c2c(c1O)C(=O)C(=O)C(C)C2=O. The number of ketones is 3. The van der Waals surface area contributed by atoms with E-state index in [1.54, 1.807) is 0 Å². The number of Topliss-reactive ketones (excluding diaryl/α,β-unsaturated/α-hetero) is 3. The zero-order valence-corrected chi connectivity index (χ0v) is 9.64. The topological polar surface area (TPSA) is 112 Å². The predicted molar refractivity (Wildman–Crippen MR) is 59.0 cm³/mol. The third-order valence-electron chi connectivity index (χ3n) is 3.14. The fraction of sp³-hybridized carbons (Fsp3) is 0.250. The molecule has 94 valence electrons. The quantitative estimate of drug-likeness (QED) is 0.270. The third kappa shape index (κ3) is 1.25. The van der Waals surface area contributed by atoms with Gasteiger partial charge >= 0.3 is 0 Å². The summed E-state index contributed by atoms with van der Waals surface area (Å²) in [5, 5.41) is 29.0. The van der Waals surface area contributed by atoms with Gasteiger partial charge in [-0.2, -0.15) is 0 Å². The maximum Gasteiger partial charge on any atom is 0.233 e. The highest BCUT2D eigenvalue weighted by Crippen LogP contribution is 2.44. The van der Waals surface area contributed by atoms with Gasteiger partial charge in [-0.1, -0.05) is 0 Å². The number of hydrogen-bond donors (Lipinski definition) is 3. The summed E-state index contributed by atoms with van der Waals surface area (Å²) in [5.41, 5.74) is -1.18. The largest absolute Gasteiger partial charge is 0.507 e. The van der Waals surface area contributed by atoms with Crippen LogP contribution in [-0.2, 0) is 4.79 Å². The van der Waals surface area contributed by atoms with Crippen LogP contribution in [0.3, 0.4) is 0 Å². The highest BCUT2D eigenvalue weighted by atomic mass is 16.3. The van der Waals surface area contributed by atoms with Crippen molar-refractivity contribution in [2.75, 3.05) is 0 Å². The molecule has 0 saturated heterocycles. The monoisotopic (exact) mass is 250 g/mol. The van der Waals surface area contributed by atoms with Gasteiger partial charge in [-0.25, -0.2) is 0 Å². The molecule has 0 spiro atoms. The second kappa shape index (κ2) is 3.56. The Morgan fingerprint density at radius 2 is 1.39 bits per heavy atom. The molecular weight excluding hydrogens is 240 g/mol. The van der Waals surface area contributed by atoms with E-state index in [-0.39, 0.29) is 5.56 Å². The summed E-state index contributed by atoms with van der Waals surface area (Å²) in [4.78, 5) is 35.1. The Hall–Kier alpha value is -2.37. The number of aromatic hydroxyl groups is 3. The highest BCUT2D eigenvalue weighted by Gasteiger charge is 2.42. The van der Waals surface area contributed by atoms with Gasteiger partial charge in [0.2, 0.25) is 11.6 Å². The van der Waals surface area contributed by atoms with Crippen molar-refractivity contribution in [3.05, 3.63) is 16.7 Å². The van der Waals surface area contributed by atoms with Crippen molar-refractivity contribution in [2.24, 2.45) is 5.92 Å². The first-order valence-corrected chi connectivity index (χ1v) is 5.19. The Morgan fingerprint density at radius 1 is 0.833 bits per heavy atom. The Kier molecular flexibility index (Phi) is 2.39. The Morgan fingerprint density at radius 3 is 1.94 bits per heavy atom. The maximum atomic E-state index is 11.9. The molecule has 0 aromatic heterocycles. The van der Waals surface area contributed by atoms with Crippen molar-refractivity contribution >= 4 is 17.3 Å². The van der Waals surface area contributed by atoms with Crippen molar-refractivity contribution in [3.63, 3.8) is 0 Å². The number of phenols is 3. The summed E-state index contributed by atoms with van der Waals surface area (Å²) in [6.07, 6.45) is 0. The molecule has 0 radical (unpaired) electrons. The fourth-order valence-corrected chi connectivity index (χ4v) is 1.95. The molecule has 0 aliphatic heterocycles. The Labute approximate surface area is 101 Å². The van der Waals surface area contributed by atoms with Crippen LogP contribution in [0.4, 0.5) is 0 Å². The van der Waals surface area contributed by atoms with E-state index < -0.39 is 51.6 Å². The van der Waals surface area contributed by atoms with E-state index in [1.165, 1.54) is 13.8 Å². The second-order valence-electron chi connectivity index (χ2n) is 4.20. The lowest BCUT2D eigenvalue weighted by molar-refractivity contribution is -0.117. The van der Waals surface area contributed by atoms with Crippen molar-refractivity contribution < 1.29 is 29.7 Å². The van der Waals surface area contributed by atoms with E-state index in [9.17, 15) is 29.7 Å². The van der Waals surface area contributed by atoms with Crippen LogP contribution in [0, 0.1) is 12.8 Å². The van der Waals surface area contributed by atoms with E-state index in [1.807, 2.05) is 0 Å². The van der Waals surface area contributed by atoms with Crippen molar-refractivity contribution in [3.8, 4) is 17.2 Å². The number of carbonyl (C=O) groups excluding carboxylic acids is 3. The van der Waals surface area contributed by atoms with E-state index in [0.29, 0.717) is 0 Å². The van der Waals surface area contributed by atoms with Gasteiger partial charge in [0, 0.05) is 5.56 Å². The van der Waals surface area contributed by atoms with Gasteiger partial charge in [0.25, 0.3) is 0 Å². The zero-order chi connectivity index (χ0) is 13.8. The van der Waals surface area contributed by atoms with Crippen LogP contribution in [0.25, 0.3) is 0 Å². The molecule has 0 bridgehead atoms. The lowest BCUT2D eigenvalue weighted by atomic mass is 9.80. The first kappa shape index (κ1) is 12.1. The minimum atomic E-state index is -1.22. The molecule has 1 aromatic carbocycles. The van der Waals surface area contributed by atoms with Crippen LogP contribution in [0.2, 0.25) is 0 Å². The number of carbonyl (C=O) groups is 3. The summed E-state index contributed by atoms with van der Waals surface area (Å²) in [6.45, 7) is 2.49. The van der Waals surface area contributed by atoms with Crippen molar-refractivity contribution in [2.45, 2.75) is 13.8 Å². The number of hydrogen-bond acceptors (Lipinski definition) is 6. The van der Waals surface area contributed by atoms with Gasteiger partial charge in [0.15, 0.2) is 17.3 Å². The standard InChI is InChI=1S/C12H10O6/c1-3-7(13)5-6(11(17)9(3)15)8(14)4(2)10(16)12(5)18/h3,14,16,18H,1-2H3. The number of benzene rings is 1. The number of fused-ring (bicyclic) bond motifs is 1. The summed E-state index contributed by atoms with van der Waals surface area (Å²) < 4.78 is 0. The lowest BCUT2D eigenvalue weighted by Crippen LogP contribution is -2.35. The first-order chi connectivity index (χ1) is 8.29. The number of rotatable bonds is 0. The van der Waals surface area contributed by atoms with Crippen LogP contribution in [0.15, 0.2) is 0 Å². The van der Waals surface area contributed by atoms with Crippen LogP contribution < -0.4 is 0 Å². The van der Waals surface area contributed by atoms with Gasteiger partial charge in [0.05, 0.1) is 17.0 Å². The summed E-state index contributed by atoms with van der Waals surface area (Å²) in [6, 6.07) is 0. The molecule has 0 amide bonds. The van der Waals surface area contributed by atoms with E-state index >= 15 is 0 Å². The average Bonchev–Trinajstić information content (AvgIpc) is 2.35. The fourth-order valence-electron chi connectivity index (χ4n) is 1.95. The van der Waals surface area contributed by atoms with Crippen molar-refractivity contribution in [1.29, 1.82) is 0 Å². The molecule has 2 rings (SSSR count). The maximum absolute atomic E-state index is 11.9. The molecule has 1 unspecified atom stereocenters. The molecule has 0 fully saturated rings. The second-order valence-corrected chi connectivity index (χ2v) is 4.20. The minimum absolute atomic E-state index is 0.158. The Balaban J connectivity index is 2.94. The normalized spacial score (nSPS) is 19.0. The minimum Gasteiger partial charge on any atom is -0.507 e. The molecule has 6 heteroatoms. The molecule has 0 heterocycles. The molecule has 18 heavy (non-hydrogen) atoms. The highest BCUT2D eigenvalue weighted by molar-refractivity contribution is 6.52. The molecule has 1 aliphatic carbocycles. The van der Waals surface area contributed by atoms with Crippen molar-refractivity contribution in [1.82, 2.24) is 0 Å². The third-order valence-corrected chi connectivity index (χ3v) is 3.14.